The van der Waals surface area contributed by atoms with Gasteiger partial charge in [0.25, 0.3) is 0 Å². The van der Waals surface area contributed by atoms with Gasteiger partial charge < -0.3 is 10.1 Å². The van der Waals surface area contributed by atoms with Gasteiger partial charge in [-0.1, -0.05) is 41.4 Å². The number of halogens is 3. The predicted octanol–water partition coefficient (Wildman–Crippen LogP) is 5.50. The molecule has 2 aliphatic rings. The zero-order valence-electron chi connectivity index (χ0n) is 14.2. The van der Waals surface area contributed by atoms with Crippen LogP contribution in [-0.4, -0.2) is 19.0 Å². The second kappa shape index (κ2) is 7.18. The van der Waals surface area contributed by atoms with Crippen LogP contribution in [-0.2, 0) is 17.7 Å². The summed E-state index contributed by atoms with van der Waals surface area (Å²) in [5.41, 5.74) is 2.94. The van der Waals surface area contributed by atoms with E-state index in [1.54, 1.807) is 0 Å². The van der Waals surface area contributed by atoms with Crippen LogP contribution in [0.1, 0.15) is 24.0 Å². The van der Waals surface area contributed by atoms with E-state index in [0.717, 1.165) is 44.0 Å². The highest BCUT2D eigenvalue weighted by atomic mass is 35.5. The molecule has 1 spiro atoms. The fraction of sp³-hybridized carbons (Fsp3) is 0.350. The van der Waals surface area contributed by atoms with Crippen LogP contribution in [0.3, 0.4) is 0 Å². The third-order valence-corrected chi connectivity index (χ3v) is 5.89. The molecule has 6 heteroatoms. The first kappa shape index (κ1) is 17.8. The van der Waals surface area contributed by atoms with Crippen LogP contribution in [0.5, 0.6) is 0 Å². The summed E-state index contributed by atoms with van der Waals surface area (Å²) >= 11 is 12.0. The molecule has 0 aliphatic carbocycles. The van der Waals surface area contributed by atoms with Crippen molar-refractivity contribution in [2.75, 3.05) is 18.5 Å². The highest BCUT2D eigenvalue weighted by Gasteiger charge is 2.41. The Balaban J connectivity index is 1.68. The highest BCUT2D eigenvalue weighted by molar-refractivity contribution is 6.35. The van der Waals surface area contributed by atoms with Gasteiger partial charge in [0, 0.05) is 29.3 Å². The molecule has 2 heterocycles. The summed E-state index contributed by atoms with van der Waals surface area (Å²) < 4.78 is 19.4. The Labute approximate surface area is 162 Å². The van der Waals surface area contributed by atoms with Crippen LogP contribution in [0.2, 0.25) is 10.0 Å². The van der Waals surface area contributed by atoms with E-state index in [1.165, 1.54) is 17.7 Å². The third-order valence-electron chi connectivity index (χ3n) is 5.25. The van der Waals surface area contributed by atoms with Gasteiger partial charge in [-0.15, -0.1) is 0 Å². The van der Waals surface area contributed by atoms with Crippen molar-refractivity contribution in [3.05, 3.63) is 63.4 Å². The largest absolute Gasteiger partial charge is 0.381 e. The van der Waals surface area contributed by atoms with Gasteiger partial charge in [-0.25, -0.2) is 4.39 Å². The van der Waals surface area contributed by atoms with E-state index in [4.69, 9.17) is 32.9 Å². The maximum Gasteiger partial charge on any atom is 0.142 e. The van der Waals surface area contributed by atoms with Gasteiger partial charge in [-0.3, -0.25) is 4.99 Å². The second-order valence-corrected chi connectivity index (χ2v) is 7.69. The summed E-state index contributed by atoms with van der Waals surface area (Å²) in [6.07, 6.45) is 2.76. The molecule has 4 rings (SSSR count). The van der Waals surface area contributed by atoms with Gasteiger partial charge >= 0.3 is 0 Å². The first-order chi connectivity index (χ1) is 12.6. The molecule has 26 heavy (non-hydrogen) atoms. The minimum absolute atomic E-state index is 0.0250. The van der Waals surface area contributed by atoms with Gasteiger partial charge in [0.2, 0.25) is 0 Å². The summed E-state index contributed by atoms with van der Waals surface area (Å²) in [4.78, 5) is 4.82. The number of amidine groups is 1. The molecule has 0 saturated carbocycles. The number of ether oxygens (including phenoxy) is 1. The van der Waals surface area contributed by atoms with Crippen molar-refractivity contribution in [2.24, 2.45) is 10.4 Å². The van der Waals surface area contributed by atoms with Crippen LogP contribution in [0.4, 0.5) is 10.1 Å². The fourth-order valence-electron chi connectivity index (χ4n) is 3.74. The van der Waals surface area contributed by atoms with Crippen LogP contribution >= 0.6 is 23.2 Å². The molecule has 2 aromatic rings. The van der Waals surface area contributed by atoms with Crippen molar-refractivity contribution >= 4 is 34.7 Å². The minimum Gasteiger partial charge on any atom is -0.381 e. The van der Waals surface area contributed by atoms with Gasteiger partial charge in [0.1, 0.15) is 11.7 Å². The lowest BCUT2D eigenvalue weighted by molar-refractivity contribution is 0.0448. The standard InChI is InChI=1S/C20H19Cl2FN2O/c21-15-10-16(22)17(23)9-14(15)12-24-19-20(5-7-26-8-6-20)11-13-3-1-2-4-18(13)25-19/h1-4,9-10H,5-8,11-12H2,(H,24,25). The number of anilines is 1. The van der Waals surface area contributed by atoms with Gasteiger partial charge in [-0.05, 0) is 48.6 Å². The molecule has 0 unspecified atom stereocenters. The predicted molar refractivity (Wildman–Crippen MR) is 104 cm³/mol. The molecule has 136 valence electrons. The van der Waals surface area contributed by atoms with Gasteiger partial charge in [-0.2, -0.15) is 0 Å². The van der Waals surface area contributed by atoms with Crippen molar-refractivity contribution in [1.82, 2.24) is 0 Å². The van der Waals surface area contributed by atoms with Gasteiger partial charge in [0.15, 0.2) is 0 Å². The van der Waals surface area contributed by atoms with Crippen LogP contribution in [0, 0.1) is 11.2 Å². The van der Waals surface area contributed by atoms with E-state index in [1.807, 2.05) is 6.07 Å². The molecule has 0 amide bonds. The molecule has 0 radical (unpaired) electrons. The Kier molecular flexibility index (Phi) is 4.91. The Bertz CT molecular complexity index is 863. The molecule has 0 aromatic heterocycles. The first-order valence-electron chi connectivity index (χ1n) is 8.68. The molecule has 2 aromatic carbocycles. The SMILES string of the molecule is Fc1cc(CN=C2Nc3ccccc3CC23CCOCC3)c(Cl)cc1Cl. The fourth-order valence-corrected chi connectivity index (χ4v) is 4.18. The molecule has 1 saturated heterocycles. The number of fused-ring (bicyclic) bond motifs is 1. The minimum atomic E-state index is -0.478. The molecule has 1 N–H and O–H groups in total. The molecular formula is C20H19Cl2FN2O. The summed E-state index contributed by atoms with van der Waals surface area (Å²) in [7, 11) is 0. The quantitative estimate of drug-likeness (QED) is 0.684. The van der Waals surface area contributed by atoms with E-state index >= 15 is 0 Å². The lowest BCUT2D eigenvalue weighted by Crippen LogP contribution is -2.45. The molecule has 3 nitrogen and oxygen atoms in total. The summed E-state index contributed by atoms with van der Waals surface area (Å²) in [6.45, 7) is 1.75. The molecular weight excluding hydrogens is 374 g/mol. The zero-order chi connectivity index (χ0) is 18.1. The second-order valence-electron chi connectivity index (χ2n) is 6.87. The van der Waals surface area contributed by atoms with Crippen molar-refractivity contribution in [3.8, 4) is 0 Å². The number of aliphatic imine (C=N–C) groups is 1. The van der Waals surface area contributed by atoms with E-state index in [-0.39, 0.29) is 10.4 Å². The van der Waals surface area contributed by atoms with Crippen LogP contribution < -0.4 is 5.32 Å². The number of hydrogen-bond acceptors (Lipinski definition) is 2. The number of nitrogens with one attached hydrogen (secondary N) is 1. The van der Waals surface area contributed by atoms with E-state index in [0.29, 0.717) is 17.1 Å². The maximum atomic E-state index is 13.8. The first-order valence-corrected chi connectivity index (χ1v) is 9.44. The lowest BCUT2D eigenvalue weighted by Gasteiger charge is -2.42. The number of benzene rings is 2. The van der Waals surface area contributed by atoms with Crippen molar-refractivity contribution in [2.45, 2.75) is 25.8 Å². The molecule has 1 fully saturated rings. The highest BCUT2D eigenvalue weighted by Crippen LogP contribution is 2.41. The molecule has 2 aliphatic heterocycles. The number of hydrogen-bond donors (Lipinski definition) is 1. The van der Waals surface area contributed by atoms with Crippen LogP contribution in [0.25, 0.3) is 0 Å². The molecule has 0 atom stereocenters. The smallest absolute Gasteiger partial charge is 0.142 e. The molecule has 0 bridgehead atoms. The average Bonchev–Trinajstić information content (AvgIpc) is 2.64. The van der Waals surface area contributed by atoms with Crippen LogP contribution in [0.15, 0.2) is 41.4 Å². The van der Waals surface area contributed by atoms with Gasteiger partial charge in [0.05, 0.1) is 11.6 Å². The number of para-hydroxylation sites is 1. The van der Waals surface area contributed by atoms with Crippen molar-refractivity contribution < 1.29 is 9.13 Å². The Morgan fingerprint density at radius 3 is 2.69 bits per heavy atom. The third kappa shape index (κ3) is 3.34. The number of rotatable bonds is 2. The maximum absolute atomic E-state index is 13.8. The van der Waals surface area contributed by atoms with Crippen molar-refractivity contribution in [1.29, 1.82) is 0 Å². The summed E-state index contributed by atoms with van der Waals surface area (Å²) in [6, 6.07) is 11.1. The average molecular weight is 393 g/mol. The van der Waals surface area contributed by atoms with E-state index in [9.17, 15) is 4.39 Å². The Morgan fingerprint density at radius 2 is 1.88 bits per heavy atom. The Hall–Kier alpha value is -1.62. The topological polar surface area (TPSA) is 33.6 Å². The Morgan fingerprint density at radius 1 is 1.12 bits per heavy atom. The zero-order valence-corrected chi connectivity index (χ0v) is 15.7. The van der Waals surface area contributed by atoms with E-state index in [2.05, 4.69) is 23.5 Å². The monoisotopic (exact) mass is 392 g/mol. The number of nitrogens with zero attached hydrogens (tertiary/aromatic N) is 1. The normalized spacial score (nSPS) is 20.0. The van der Waals surface area contributed by atoms with Crippen molar-refractivity contribution in [3.63, 3.8) is 0 Å². The summed E-state index contributed by atoms with van der Waals surface area (Å²) in [5.74, 6) is 0.458. The lowest BCUT2D eigenvalue weighted by atomic mass is 9.71. The van der Waals surface area contributed by atoms with E-state index < -0.39 is 5.82 Å². The summed E-state index contributed by atoms with van der Waals surface area (Å²) in [5, 5.41) is 3.96.